The highest BCUT2D eigenvalue weighted by atomic mass is 16.6. The average Bonchev–Trinajstić information content (AvgIpc) is 2.14. The van der Waals surface area contributed by atoms with E-state index in [4.69, 9.17) is 9.84 Å². The molecular formula is C11H15NO4. The number of nitro groups is 1. The summed E-state index contributed by atoms with van der Waals surface area (Å²) in [6.45, 7) is 5.05. The molecule has 0 aliphatic carbocycles. The van der Waals surface area contributed by atoms with Crippen molar-refractivity contribution in [3.05, 3.63) is 33.9 Å². The summed E-state index contributed by atoms with van der Waals surface area (Å²) in [7, 11) is 0. The van der Waals surface area contributed by atoms with Crippen molar-refractivity contribution in [2.75, 3.05) is 0 Å². The quantitative estimate of drug-likeness (QED) is 0.632. The first-order valence-corrected chi connectivity index (χ1v) is 4.91. The van der Waals surface area contributed by atoms with Crippen LogP contribution in [0.15, 0.2) is 18.2 Å². The van der Waals surface area contributed by atoms with Crippen molar-refractivity contribution < 1.29 is 14.8 Å². The van der Waals surface area contributed by atoms with E-state index in [2.05, 4.69) is 0 Å². The van der Waals surface area contributed by atoms with Gasteiger partial charge in [-0.1, -0.05) is 6.07 Å². The van der Waals surface area contributed by atoms with Crippen LogP contribution in [0.5, 0.6) is 5.75 Å². The van der Waals surface area contributed by atoms with Crippen molar-refractivity contribution in [3.63, 3.8) is 0 Å². The molecule has 1 aromatic carbocycles. The maximum atomic E-state index is 10.9. The molecule has 0 spiro atoms. The predicted octanol–water partition coefficient (Wildman–Crippen LogP) is 2.26. The minimum Gasteiger partial charge on any atom is -0.481 e. The van der Waals surface area contributed by atoms with Crippen LogP contribution in [-0.2, 0) is 6.61 Å². The third kappa shape index (κ3) is 2.93. The molecule has 0 aliphatic heterocycles. The molecule has 0 saturated heterocycles. The van der Waals surface area contributed by atoms with Crippen LogP contribution < -0.4 is 4.74 Å². The minimum atomic E-state index is -0.535. The Balaban J connectivity index is 3.22. The summed E-state index contributed by atoms with van der Waals surface area (Å²) in [5.41, 5.74) is -0.426. The van der Waals surface area contributed by atoms with Gasteiger partial charge in [0.25, 0.3) is 0 Å². The van der Waals surface area contributed by atoms with E-state index >= 15 is 0 Å². The molecule has 1 N–H and O–H groups in total. The number of ether oxygens (including phenoxy) is 1. The zero-order valence-corrected chi connectivity index (χ0v) is 9.56. The topological polar surface area (TPSA) is 72.6 Å². The van der Waals surface area contributed by atoms with Gasteiger partial charge < -0.3 is 9.84 Å². The number of nitro benzene ring substituents is 1. The molecule has 1 rings (SSSR count). The Morgan fingerprint density at radius 3 is 2.50 bits per heavy atom. The van der Waals surface area contributed by atoms with Crippen molar-refractivity contribution in [1.29, 1.82) is 0 Å². The Hall–Kier alpha value is -1.62. The van der Waals surface area contributed by atoms with E-state index < -0.39 is 10.5 Å². The lowest BCUT2D eigenvalue weighted by molar-refractivity contribution is -0.387. The number of hydrogen-bond acceptors (Lipinski definition) is 4. The summed E-state index contributed by atoms with van der Waals surface area (Å²) >= 11 is 0. The Morgan fingerprint density at radius 2 is 2.06 bits per heavy atom. The third-order valence-corrected chi connectivity index (χ3v) is 1.85. The van der Waals surface area contributed by atoms with Crippen molar-refractivity contribution in [2.45, 2.75) is 33.0 Å². The SMILES string of the molecule is CC(C)(C)Oc1cccc(CO)c1[N+](=O)[O-]. The molecule has 88 valence electrons. The van der Waals surface area contributed by atoms with E-state index in [-0.39, 0.29) is 23.6 Å². The molecule has 0 unspecified atom stereocenters. The van der Waals surface area contributed by atoms with E-state index in [0.717, 1.165) is 0 Å². The molecule has 0 aromatic heterocycles. The van der Waals surface area contributed by atoms with Crippen LogP contribution in [0.4, 0.5) is 5.69 Å². The van der Waals surface area contributed by atoms with Crippen molar-refractivity contribution in [2.24, 2.45) is 0 Å². The third-order valence-electron chi connectivity index (χ3n) is 1.85. The highest BCUT2D eigenvalue weighted by Crippen LogP contribution is 2.33. The summed E-state index contributed by atoms with van der Waals surface area (Å²) in [6.07, 6.45) is 0. The molecule has 0 atom stereocenters. The van der Waals surface area contributed by atoms with Gasteiger partial charge in [0.15, 0.2) is 5.75 Å². The Labute approximate surface area is 93.8 Å². The number of para-hydroxylation sites is 1. The van der Waals surface area contributed by atoms with Crippen LogP contribution in [0.25, 0.3) is 0 Å². The van der Waals surface area contributed by atoms with Gasteiger partial charge in [0, 0.05) is 0 Å². The van der Waals surface area contributed by atoms with Crippen LogP contribution in [0.3, 0.4) is 0 Å². The normalized spacial score (nSPS) is 11.2. The number of rotatable bonds is 3. The summed E-state index contributed by atoms with van der Waals surface area (Å²) in [6, 6.07) is 4.66. The van der Waals surface area contributed by atoms with Gasteiger partial charge >= 0.3 is 5.69 Å². The van der Waals surface area contributed by atoms with E-state index in [1.165, 1.54) is 12.1 Å². The van der Waals surface area contributed by atoms with Crippen LogP contribution in [0, 0.1) is 10.1 Å². The molecule has 16 heavy (non-hydrogen) atoms. The summed E-state index contributed by atoms with van der Waals surface area (Å²) in [5, 5.41) is 19.9. The van der Waals surface area contributed by atoms with E-state index in [0.29, 0.717) is 0 Å². The highest BCUT2D eigenvalue weighted by molar-refractivity contribution is 5.52. The fourth-order valence-corrected chi connectivity index (χ4v) is 1.31. The lowest BCUT2D eigenvalue weighted by Crippen LogP contribution is -2.23. The molecule has 0 radical (unpaired) electrons. The van der Waals surface area contributed by atoms with E-state index in [1.54, 1.807) is 6.07 Å². The van der Waals surface area contributed by atoms with Gasteiger partial charge in [0.2, 0.25) is 0 Å². The predicted molar refractivity (Wildman–Crippen MR) is 59.4 cm³/mol. The Kier molecular flexibility index (Phi) is 3.49. The molecule has 1 aromatic rings. The summed E-state index contributed by atoms with van der Waals surface area (Å²) in [4.78, 5) is 10.4. The number of hydrogen-bond donors (Lipinski definition) is 1. The number of aliphatic hydroxyl groups is 1. The standard InChI is InChI=1S/C11H15NO4/c1-11(2,3)16-9-6-4-5-8(7-13)10(9)12(14)15/h4-6,13H,7H2,1-3H3. The minimum absolute atomic E-state index is 0.167. The highest BCUT2D eigenvalue weighted by Gasteiger charge is 2.23. The van der Waals surface area contributed by atoms with Crippen LogP contribution in [0.2, 0.25) is 0 Å². The van der Waals surface area contributed by atoms with Gasteiger partial charge in [-0.05, 0) is 32.9 Å². The molecule has 0 fully saturated rings. The van der Waals surface area contributed by atoms with Crippen LogP contribution in [-0.4, -0.2) is 15.6 Å². The molecule has 5 nitrogen and oxygen atoms in total. The lowest BCUT2D eigenvalue weighted by Gasteiger charge is -2.21. The smallest absolute Gasteiger partial charge is 0.316 e. The second-order valence-corrected chi connectivity index (χ2v) is 4.39. The van der Waals surface area contributed by atoms with Crippen LogP contribution >= 0.6 is 0 Å². The van der Waals surface area contributed by atoms with Gasteiger partial charge in [-0.2, -0.15) is 0 Å². The van der Waals surface area contributed by atoms with Crippen molar-refractivity contribution in [3.8, 4) is 5.75 Å². The number of aliphatic hydroxyl groups excluding tert-OH is 1. The Morgan fingerprint density at radius 1 is 1.44 bits per heavy atom. The van der Waals surface area contributed by atoms with Gasteiger partial charge in [0.05, 0.1) is 17.1 Å². The molecule has 0 amide bonds. The zero-order valence-electron chi connectivity index (χ0n) is 9.56. The Bertz CT molecular complexity index is 395. The molecule has 0 heterocycles. The fraction of sp³-hybridized carbons (Fsp3) is 0.455. The zero-order chi connectivity index (χ0) is 12.3. The molecule has 0 aliphatic rings. The second-order valence-electron chi connectivity index (χ2n) is 4.39. The molecule has 0 bridgehead atoms. The maximum absolute atomic E-state index is 10.9. The van der Waals surface area contributed by atoms with Crippen molar-refractivity contribution >= 4 is 5.69 Å². The van der Waals surface area contributed by atoms with Gasteiger partial charge in [0.1, 0.15) is 5.60 Å². The largest absolute Gasteiger partial charge is 0.481 e. The monoisotopic (exact) mass is 225 g/mol. The molecular weight excluding hydrogens is 210 g/mol. The van der Waals surface area contributed by atoms with Crippen LogP contribution in [0.1, 0.15) is 26.3 Å². The van der Waals surface area contributed by atoms with E-state index in [1.807, 2.05) is 20.8 Å². The maximum Gasteiger partial charge on any atom is 0.316 e. The average molecular weight is 225 g/mol. The van der Waals surface area contributed by atoms with Gasteiger partial charge in [-0.15, -0.1) is 0 Å². The summed E-state index contributed by atoms with van der Waals surface area (Å²) in [5.74, 6) is 0.184. The first kappa shape index (κ1) is 12.4. The second kappa shape index (κ2) is 4.49. The first-order chi connectivity index (χ1) is 7.35. The van der Waals surface area contributed by atoms with E-state index in [9.17, 15) is 10.1 Å². The summed E-state index contributed by atoms with van der Waals surface area (Å²) < 4.78 is 5.48. The van der Waals surface area contributed by atoms with Gasteiger partial charge in [-0.25, -0.2) is 0 Å². The first-order valence-electron chi connectivity index (χ1n) is 4.91. The van der Waals surface area contributed by atoms with Crippen molar-refractivity contribution in [1.82, 2.24) is 0 Å². The molecule has 0 saturated carbocycles. The lowest BCUT2D eigenvalue weighted by atomic mass is 10.1. The molecule has 5 heteroatoms. The number of nitrogens with zero attached hydrogens (tertiary/aromatic N) is 1. The number of benzene rings is 1. The fourth-order valence-electron chi connectivity index (χ4n) is 1.31. The van der Waals surface area contributed by atoms with Gasteiger partial charge in [-0.3, -0.25) is 10.1 Å².